The first-order valence-corrected chi connectivity index (χ1v) is 2.52. The lowest BCUT2D eigenvalue weighted by Gasteiger charge is -2.31. The Morgan fingerprint density at radius 1 is 1.12 bits per heavy atom. The molecule has 0 aliphatic heterocycles. The van der Waals surface area contributed by atoms with Crippen molar-refractivity contribution in [2.75, 3.05) is 0 Å². The summed E-state index contributed by atoms with van der Waals surface area (Å²) in [6, 6.07) is 0. The quantitative estimate of drug-likeness (QED) is 0.444. The number of halogens is 1. The van der Waals surface area contributed by atoms with E-state index >= 15 is 0 Å². The van der Waals surface area contributed by atoms with Crippen molar-refractivity contribution in [2.24, 2.45) is 0 Å². The van der Waals surface area contributed by atoms with E-state index in [1.54, 1.807) is 0 Å². The molecule has 0 aliphatic carbocycles. The van der Waals surface area contributed by atoms with Crippen LogP contribution in [0, 0.1) is 0 Å². The summed E-state index contributed by atoms with van der Waals surface area (Å²) >= 11 is 0. The van der Waals surface area contributed by atoms with Crippen molar-refractivity contribution in [1.29, 1.82) is 0 Å². The first-order valence-electron chi connectivity index (χ1n) is 2.52. The van der Waals surface area contributed by atoms with E-state index in [0.29, 0.717) is 0 Å². The van der Waals surface area contributed by atoms with Crippen LogP contribution in [0.5, 0.6) is 0 Å². The molecule has 42 valence electrons. The molecule has 3 heteroatoms. The number of alkyl halides is 1. The molecular formula is C5H9B2F. The van der Waals surface area contributed by atoms with E-state index in [9.17, 15) is 4.39 Å². The zero-order chi connectivity index (χ0) is 7.00. The molecule has 0 amide bonds. The van der Waals surface area contributed by atoms with E-state index < -0.39 is 10.9 Å². The Morgan fingerprint density at radius 2 is 1.25 bits per heavy atom. The van der Waals surface area contributed by atoms with Gasteiger partial charge in [0.1, 0.15) is 0 Å². The van der Waals surface area contributed by atoms with Gasteiger partial charge in [-0.3, -0.25) is 0 Å². The van der Waals surface area contributed by atoms with Crippen molar-refractivity contribution >= 4 is 15.7 Å². The average molecular weight is 110 g/mol. The zero-order valence-electron chi connectivity index (χ0n) is 5.53. The summed E-state index contributed by atoms with van der Waals surface area (Å²) in [7, 11) is 10.4. The van der Waals surface area contributed by atoms with Gasteiger partial charge in [-0.15, -0.1) is 0 Å². The molecule has 0 heterocycles. The summed E-state index contributed by atoms with van der Waals surface area (Å²) in [5.74, 6) is 0. The Kier molecular flexibility index (Phi) is 1.80. The molecule has 0 saturated heterocycles. The minimum Gasteiger partial charge on any atom is -0.246 e. The van der Waals surface area contributed by atoms with Crippen molar-refractivity contribution in [3.05, 3.63) is 0 Å². The molecule has 0 bridgehead atoms. The van der Waals surface area contributed by atoms with Crippen LogP contribution in [0.2, 0.25) is 5.21 Å². The standard InChI is InChI=1S/C5H9B2F/c1-4(2,8)5(3,6)7/h1-3H3. The summed E-state index contributed by atoms with van der Waals surface area (Å²) in [5.41, 5.74) is -1.51. The monoisotopic (exact) mass is 110 g/mol. The highest BCUT2D eigenvalue weighted by atomic mass is 19.1. The molecule has 0 atom stereocenters. The summed E-state index contributed by atoms with van der Waals surface area (Å²) < 4.78 is 12.6. The Labute approximate surface area is 52.7 Å². The van der Waals surface area contributed by atoms with Gasteiger partial charge in [0.25, 0.3) is 0 Å². The second-order valence-electron chi connectivity index (χ2n) is 2.76. The minimum absolute atomic E-state index is 1.23. The maximum atomic E-state index is 12.6. The van der Waals surface area contributed by atoms with Crippen molar-refractivity contribution in [1.82, 2.24) is 0 Å². The van der Waals surface area contributed by atoms with Crippen LogP contribution in [0.3, 0.4) is 0 Å². The van der Waals surface area contributed by atoms with Crippen LogP contribution >= 0.6 is 0 Å². The maximum absolute atomic E-state index is 12.6. The fourth-order valence-electron chi connectivity index (χ4n) is 0. The Balaban J connectivity index is 4.02. The molecular weight excluding hydrogens is 101 g/mol. The molecule has 0 aromatic heterocycles. The summed E-state index contributed by atoms with van der Waals surface area (Å²) in [5, 5.41) is -1.23. The van der Waals surface area contributed by atoms with E-state index in [1.165, 1.54) is 20.8 Å². The number of hydrogen-bond donors (Lipinski definition) is 0. The summed E-state index contributed by atoms with van der Waals surface area (Å²) in [6.45, 7) is 4.16. The first kappa shape index (κ1) is 8.06. The van der Waals surface area contributed by atoms with Crippen LogP contribution in [0.25, 0.3) is 0 Å². The van der Waals surface area contributed by atoms with Crippen LogP contribution in [0.4, 0.5) is 4.39 Å². The molecule has 0 fully saturated rings. The molecule has 0 spiro atoms. The van der Waals surface area contributed by atoms with Crippen LogP contribution in [0.15, 0.2) is 0 Å². The molecule has 0 aliphatic rings. The number of hydrogen-bond acceptors (Lipinski definition) is 0. The minimum atomic E-state index is -1.51. The van der Waals surface area contributed by atoms with Crippen molar-refractivity contribution < 1.29 is 4.39 Å². The lowest BCUT2D eigenvalue weighted by Crippen LogP contribution is -2.31. The van der Waals surface area contributed by atoms with Gasteiger partial charge < -0.3 is 0 Å². The first-order chi connectivity index (χ1) is 3.25. The molecule has 4 radical (unpaired) electrons. The van der Waals surface area contributed by atoms with Gasteiger partial charge in [-0.1, -0.05) is 12.1 Å². The SMILES string of the molecule is [B]C([B])(C)C(C)(C)F. The van der Waals surface area contributed by atoms with Gasteiger partial charge in [-0.2, -0.15) is 0 Å². The zero-order valence-corrected chi connectivity index (χ0v) is 5.53. The fraction of sp³-hybridized carbons (Fsp3) is 1.00. The van der Waals surface area contributed by atoms with Gasteiger partial charge in [0, 0.05) is 0 Å². The van der Waals surface area contributed by atoms with Crippen LogP contribution < -0.4 is 0 Å². The third kappa shape index (κ3) is 1.89. The predicted molar refractivity (Wildman–Crippen MR) is 35.1 cm³/mol. The van der Waals surface area contributed by atoms with E-state index in [1.807, 2.05) is 0 Å². The van der Waals surface area contributed by atoms with Gasteiger partial charge in [0.15, 0.2) is 0 Å². The van der Waals surface area contributed by atoms with Crippen LogP contribution in [0.1, 0.15) is 20.8 Å². The molecule has 0 saturated carbocycles. The third-order valence-electron chi connectivity index (χ3n) is 1.28. The molecule has 0 nitrogen and oxygen atoms in total. The largest absolute Gasteiger partial charge is 0.246 e. The Hall–Kier alpha value is 0.0599. The average Bonchev–Trinajstić information content (AvgIpc) is 1.25. The van der Waals surface area contributed by atoms with Crippen LogP contribution in [-0.4, -0.2) is 21.4 Å². The second kappa shape index (κ2) is 1.78. The number of rotatable bonds is 1. The third-order valence-corrected chi connectivity index (χ3v) is 1.28. The normalized spacial score (nSPS) is 14.0. The van der Waals surface area contributed by atoms with Gasteiger partial charge in [0.05, 0.1) is 21.4 Å². The highest BCUT2D eigenvalue weighted by molar-refractivity contribution is 6.40. The molecule has 0 unspecified atom stereocenters. The van der Waals surface area contributed by atoms with Crippen molar-refractivity contribution in [3.8, 4) is 0 Å². The Morgan fingerprint density at radius 3 is 1.25 bits per heavy atom. The summed E-state index contributed by atoms with van der Waals surface area (Å²) in [6.07, 6.45) is 0. The van der Waals surface area contributed by atoms with E-state index in [2.05, 4.69) is 0 Å². The van der Waals surface area contributed by atoms with Crippen molar-refractivity contribution in [3.63, 3.8) is 0 Å². The van der Waals surface area contributed by atoms with Crippen LogP contribution in [-0.2, 0) is 0 Å². The highest BCUT2D eigenvalue weighted by Crippen LogP contribution is 2.33. The van der Waals surface area contributed by atoms with Gasteiger partial charge in [-0.05, 0) is 13.8 Å². The van der Waals surface area contributed by atoms with E-state index in [0.717, 1.165) is 0 Å². The van der Waals surface area contributed by atoms with Crippen molar-refractivity contribution in [2.45, 2.75) is 31.7 Å². The fourth-order valence-corrected chi connectivity index (χ4v) is 0. The molecule has 0 aromatic carbocycles. The Bertz CT molecular complexity index is 65.4. The van der Waals surface area contributed by atoms with Gasteiger partial charge in [-0.25, -0.2) is 4.39 Å². The smallest absolute Gasteiger partial charge is 0.0953 e. The lowest BCUT2D eigenvalue weighted by molar-refractivity contribution is 0.192. The predicted octanol–water partition coefficient (Wildman–Crippen LogP) is 1.21. The highest BCUT2D eigenvalue weighted by Gasteiger charge is 2.30. The lowest BCUT2D eigenvalue weighted by atomic mass is 9.49. The molecule has 0 rings (SSSR count). The molecule has 0 N–H and O–H groups in total. The molecule has 0 aromatic rings. The van der Waals surface area contributed by atoms with E-state index in [4.69, 9.17) is 15.7 Å². The summed E-state index contributed by atoms with van der Waals surface area (Å²) in [4.78, 5) is 0. The second-order valence-corrected chi connectivity index (χ2v) is 2.76. The van der Waals surface area contributed by atoms with Gasteiger partial charge >= 0.3 is 0 Å². The topological polar surface area (TPSA) is 0 Å². The van der Waals surface area contributed by atoms with Gasteiger partial charge in [0.2, 0.25) is 0 Å². The maximum Gasteiger partial charge on any atom is 0.0953 e. The molecule has 8 heavy (non-hydrogen) atoms. The van der Waals surface area contributed by atoms with E-state index in [-0.39, 0.29) is 0 Å².